The summed E-state index contributed by atoms with van der Waals surface area (Å²) in [5.74, 6) is -1.34. The summed E-state index contributed by atoms with van der Waals surface area (Å²) in [4.78, 5) is 13.5. The number of nitrogens with one attached hydrogen (secondary N) is 4. The molecule has 0 unspecified atom stereocenters. The van der Waals surface area contributed by atoms with Crippen LogP contribution < -0.4 is 40.2 Å². The van der Waals surface area contributed by atoms with Crippen molar-refractivity contribution < 1.29 is 47.5 Å². The van der Waals surface area contributed by atoms with Crippen LogP contribution in [-0.2, 0) is 20.4 Å². The molecule has 0 saturated carbocycles. The molecule has 0 aromatic heterocycles. The van der Waals surface area contributed by atoms with E-state index in [9.17, 15) is 28.5 Å². The maximum absolute atomic E-state index is 13.5. The Hall–Kier alpha value is -3.44. The van der Waals surface area contributed by atoms with Gasteiger partial charge in [0.05, 0.1) is 65.3 Å². The third-order valence-corrected chi connectivity index (χ3v) is 7.21. The minimum absolute atomic E-state index is 0.00417. The number of aliphatic hydroxyl groups excluding tert-OH is 3. The molecule has 0 atom stereocenters. The number of hydrogen-bond donors (Lipinski definition) is 7. The fraction of sp³-hybridized carbons (Fsp3) is 0.444. The van der Waals surface area contributed by atoms with Crippen LogP contribution >= 0.6 is 0 Å². The van der Waals surface area contributed by atoms with E-state index in [1.54, 1.807) is 18.2 Å². The minimum Gasteiger partial charge on any atom is -0.496 e. The highest BCUT2D eigenvalue weighted by molar-refractivity contribution is 7.93. The molecule has 2 rings (SSSR count). The number of rotatable bonds is 19. The van der Waals surface area contributed by atoms with Gasteiger partial charge in [0.25, 0.3) is 5.91 Å². The highest BCUT2D eigenvalue weighted by atomic mass is 32.2. The molecule has 2 aromatic rings. The van der Waals surface area contributed by atoms with E-state index in [1.165, 1.54) is 46.6 Å². The molecule has 0 spiro atoms. The van der Waals surface area contributed by atoms with Gasteiger partial charge >= 0.3 is 0 Å². The van der Waals surface area contributed by atoms with E-state index in [0.717, 1.165) is 5.41 Å². The molecule has 0 radical (unpaired) electrons. The number of anilines is 1. The van der Waals surface area contributed by atoms with Crippen LogP contribution in [0.5, 0.6) is 23.0 Å². The van der Waals surface area contributed by atoms with Crippen LogP contribution in [0.2, 0.25) is 0 Å². The second-order valence-corrected chi connectivity index (χ2v) is 10.6. The molecule has 1 amide bonds. The summed E-state index contributed by atoms with van der Waals surface area (Å²) in [6.07, 6.45) is 1.37. The van der Waals surface area contributed by atoms with Gasteiger partial charge in [-0.05, 0) is 23.8 Å². The van der Waals surface area contributed by atoms with Gasteiger partial charge in [-0.2, -0.15) is 0 Å². The van der Waals surface area contributed by atoms with E-state index >= 15 is 0 Å². The summed E-state index contributed by atoms with van der Waals surface area (Å²) in [7, 11) is 1.95. The normalized spacial score (nSPS) is 11.9. The van der Waals surface area contributed by atoms with E-state index in [0.29, 0.717) is 28.4 Å². The average molecular weight is 613 g/mol. The zero-order valence-electron chi connectivity index (χ0n) is 24.1. The first kappa shape index (κ1) is 34.8. The van der Waals surface area contributed by atoms with Gasteiger partial charge in [0.1, 0.15) is 23.0 Å². The monoisotopic (exact) mass is 612 g/mol. The van der Waals surface area contributed by atoms with Crippen molar-refractivity contribution in [3.63, 3.8) is 0 Å². The van der Waals surface area contributed by atoms with Gasteiger partial charge in [0, 0.05) is 37.2 Å². The van der Waals surface area contributed by atoms with Crippen molar-refractivity contribution in [1.29, 1.82) is 0 Å². The number of methoxy groups -OCH3 is 4. The topological polar surface area (TPSA) is 197 Å². The Labute approximate surface area is 245 Å². The van der Waals surface area contributed by atoms with Crippen molar-refractivity contribution in [3.8, 4) is 23.0 Å². The number of benzene rings is 2. The lowest BCUT2D eigenvalue weighted by atomic mass is 10.1. The smallest absolute Gasteiger partial charge is 0.275 e. The van der Waals surface area contributed by atoms with Crippen molar-refractivity contribution in [1.82, 2.24) is 16.0 Å². The number of hydrogen-bond acceptors (Lipinski definition) is 13. The summed E-state index contributed by atoms with van der Waals surface area (Å²) >= 11 is 0. The second-order valence-electron chi connectivity index (χ2n) is 8.75. The van der Waals surface area contributed by atoms with Gasteiger partial charge in [-0.1, -0.05) is 6.07 Å². The molecule has 7 N–H and O–H groups in total. The highest BCUT2D eigenvalue weighted by Crippen LogP contribution is 2.35. The van der Waals surface area contributed by atoms with Gasteiger partial charge in [-0.25, -0.2) is 8.42 Å². The molecule has 0 saturated heterocycles. The number of ether oxygens (including phenoxy) is 4. The number of amides is 1. The Kier molecular flexibility index (Phi) is 14.0. The van der Waals surface area contributed by atoms with Gasteiger partial charge in [-0.3, -0.25) is 20.7 Å². The van der Waals surface area contributed by atoms with Crippen molar-refractivity contribution in [3.05, 3.63) is 46.9 Å². The van der Waals surface area contributed by atoms with Crippen LogP contribution in [0, 0.1) is 0 Å². The van der Waals surface area contributed by atoms with E-state index in [2.05, 4.69) is 21.3 Å². The zero-order chi connectivity index (χ0) is 31.2. The largest absolute Gasteiger partial charge is 0.496 e. The van der Waals surface area contributed by atoms with E-state index < -0.39 is 27.3 Å². The Morgan fingerprint density at radius 1 is 0.810 bits per heavy atom. The Bertz CT molecular complexity index is 1260. The molecule has 0 heterocycles. The maximum Gasteiger partial charge on any atom is 0.275 e. The summed E-state index contributed by atoms with van der Waals surface area (Å²) < 4.78 is 47.5. The highest BCUT2D eigenvalue weighted by Gasteiger charge is 2.37. The molecule has 0 aliphatic rings. The van der Waals surface area contributed by atoms with Crippen molar-refractivity contribution >= 4 is 27.5 Å². The first-order chi connectivity index (χ1) is 20.1. The number of aliphatic hydroxyl groups is 3. The van der Waals surface area contributed by atoms with Gasteiger partial charge in [0.15, 0.2) is 9.84 Å². The van der Waals surface area contributed by atoms with E-state index in [-0.39, 0.29) is 50.9 Å². The van der Waals surface area contributed by atoms with E-state index in [1.807, 2.05) is 0 Å². The van der Waals surface area contributed by atoms with Crippen LogP contribution in [0.3, 0.4) is 0 Å². The number of carbonyl (C=O) groups excluding carboxylic acids is 1. The molecule has 234 valence electrons. The van der Waals surface area contributed by atoms with Crippen LogP contribution in [0.15, 0.2) is 35.7 Å². The first-order valence-electron chi connectivity index (χ1n) is 12.9. The predicted octanol–water partition coefficient (Wildman–Crippen LogP) is -0.355. The summed E-state index contributed by atoms with van der Waals surface area (Å²) in [5.41, 5.74) is 0.930. The number of sulfone groups is 1. The van der Waals surface area contributed by atoms with E-state index in [4.69, 9.17) is 18.9 Å². The fourth-order valence-corrected chi connectivity index (χ4v) is 5.05. The quantitative estimate of drug-likeness (QED) is 0.102. The van der Waals surface area contributed by atoms with Crippen LogP contribution in [-0.4, -0.2) is 103 Å². The lowest BCUT2D eigenvalue weighted by Crippen LogP contribution is -2.73. The minimum atomic E-state index is -3.82. The molecular formula is C27H40N4O10S. The van der Waals surface area contributed by atoms with Crippen LogP contribution in [0.4, 0.5) is 5.69 Å². The Balaban J connectivity index is 2.38. The molecule has 42 heavy (non-hydrogen) atoms. The van der Waals surface area contributed by atoms with Gasteiger partial charge in [-0.15, -0.1) is 0 Å². The SMILES string of the molecule is COc1cc(OC)c(/C=C/S(=O)(=O)Cc2ccc(OC)c(NC(=O)C(NCCO)(NCCO)NCCO)c2)c(OC)c1. The van der Waals surface area contributed by atoms with Gasteiger partial charge in [0.2, 0.25) is 5.79 Å². The molecule has 14 nitrogen and oxygen atoms in total. The summed E-state index contributed by atoms with van der Waals surface area (Å²) in [6, 6.07) is 7.75. The fourth-order valence-electron chi connectivity index (χ4n) is 3.97. The van der Waals surface area contributed by atoms with Crippen molar-refractivity contribution in [2.75, 3.05) is 73.2 Å². The molecule has 0 aliphatic carbocycles. The standard InChI is InChI=1S/C27H40N4O10S/c1-38-20-16-24(40-3)21(25(17-20)41-4)7-14-42(36,37)18-19-5-6-23(39-2)22(15-19)31-26(35)27(28-8-11-32,29-9-12-33)30-10-13-34/h5-7,14-17,28-30,32-34H,8-13,18H2,1-4H3,(H,31,35)/b14-7+. The van der Waals surface area contributed by atoms with Crippen LogP contribution in [0.25, 0.3) is 6.08 Å². The average Bonchev–Trinajstić information content (AvgIpc) is 2.99. The van der Waals surface area contributed by atoms with Crippen LogP contribution in [0.1, 0.15) is 11.1 Å². The molecular weight excluding hydrogens is 572 g/mol. The zero-order valence-corrected chi connectivity index (χ0v) is 24.9. The van der Waals surface area contributed by atoms with Crippen molar-refractivity contribution in [2.24, 2.45) is 0 Å². The Morgan fingerprint density at radius 3 is 1.79 bits per heavy atom. The molecule has 0 fully saturated rings. The lowest BCUT2D eigenvalue weighted by Gasteiger charge is -2.35. The lowest BCUT2D eigenvalue weighted by molar-refractivity contribution is -0.125. The molecule has 0 aliphatic heterocycles. The third-order valence-electron chi connectivity index (χ3n) is 5.92. The molecule has 0 bridgehead atoms. The second kappa shape index (κ2) is 16.9. The maximum atomic E-state index is 13.5. The Morgan fingerprint density at radius 2 is 1.33 bits per heavy atom. The van der Waals surface area contributed by atoms with Gasteiger partial charge < -0.3 is 39.6 Å². The molecule has 15 heteroatoms. The number of carbonyl (C=O) groups is 1. The molecule has 2 aromatic carbocycles. The van der Waals surface area contributed by atoms with Crippen molar-refractivity contribution in [2.45, 2.75) is 11.5 Å². The first-order valence-corrected chi connectivity index (χ1v) is 14.6. The summed E-state index contributed by atoms with van der Waals surface area (Å²) in [6.45, 7) is -0.902. The third kappa shape index (κ3) is 9.55. The summed E-state index contributed by atoms with van der Waals surface area (Å²) in [5, 5.41) is 40.2. The predicted molar refractivity (Wildman–Crippen MR) is 157 cm³/mol.